The Bertz CT molecular complexity index is 814. The van der Waals surface area contributed by atoms with Gasteiger partial charge < -0.3 is 76.8 Å². The Hall–Kier alpha value is -1.09. The van der Waals surface area contributed by atoms with Gasteiger partial charge in [-0.2, -0.15) is 0 Å². The number of nitrogens with two attached hydrogens (primary N) is 2. The summed E-state index contributed by atoms with van der Waals surface area (Å²) >= 11 is 0. The molecule has 4 aliphatic rings. The van der Waals surface area contributed by atoms with E-state index < -0.39 is 110 Å². The molecule has 1 aliphatic carbocycles. The zero-order chi connectivity index (χ0) is 27.9. The quantitative estimate of drug-likeness (QED) is 0.151. The first-order valence-corrected chi connectivity index (χ1v) is 12.8. The molecule has 0 spiro atoms. The largest absolute Gasteiger partial charge is 0.394 e. The lowest BCUT2D eigenvalue weighted by Crippen LogP contribution is -2.70. The zero-order valence-corrected chi connectivity index (χ0v) is 20.9. The highest BCUT2D eigenvalue weighted by molar-refractivity contribution is 5.80. The third-order valence-corrected chi connectivity index (χ3v) is 7.76. The van der Waals surface area contributed by atoms with E-state index in [9.17, 15) is 40.5 Å². The molecule has 4 fully saturated rings. The van der Waals surface area contributed by atoms with Crippen LogP contribution < -0.4 is 22.1 Å². The van der Waals surface area contributed by atoms with Gasteiger partial charge in [0, 0.05) is 12.1 Å². The molecule has 0 aromatic heterocycles. The molecule has 13 N–H and O–H groups in total. The summed E-state index contributed by atoms with van der Waals surface area (Å²) in [5.41, 5.74) is 11.8. The first-order valence-electron chi connectivity index (χ1n) is 12.8. The fourth-order valence-electron chi connectivity index (χ4n) is 5.56. The summed E-state index contributed by atoms with van der Waals surface area (Å²) in [6.07, 6.45) is -16.3. The fraction of sp³-hybridized carbons (Fsp3) is 0.955. The molecule has 4 rings (SSSR count). The summed E-state index contributed by atoms with van der Waals surface area (Å²) in [5.74, 6) is -0.771. The number of rotatable bonds is 5. The molecule has 3 saturated heterocycles. The van der Waals surface area contributed by atoms with Crippen LogP contribution >= 0.6 is 0 Å². The van der Waals surface area contributed by atoms with Gasteiger partial charge in [-0.1, -0.05) is 0 Å². The summed E-state index contributed by atoms with van der Waals surface area (Å²) in [7, 11) is 0. The molecule has 16 nitrogen and oxygen atoms in total. The van der Waals surface area contributed by atoms with Crippen molar-refractivity contribution in [2.75, 3.05) is 13.2 Å². The number of ether oxygens (including phenoxy) is 4. The van der Waals surface area contributed by atoms with Crippen molar-refractivity contribution in [2.24, 2.45) is 11.5 Å². The number of carbonyl (C=O) groups excluding carboxylic acids is 1. The smallest absolute Gasteiger partial charge is 0.249 e. The van der Waals surface area contributed by atoms with E-state index in [2.05, 4.69) is 10.6 Å². The molecule has 2 bridgehead atoms. The minimum Gasteiger partial charge on any atom is -0.394 e. The Morgan fingerprint density at radius 2 is 1.61 bits per heavy atom. The van der Waals surface area contributed by atoms with Crippen LogP contribution in [0.25, 0.3) is 0 Å². The van der Waals surface area contributed by atoms with Crippen LogP contribution in [0.15, 0.2) is 0 Å². The minimum absolute atomic E-state index is 0.000453. The number of carbonyl (C=O) groups is 1. The number of aliphatic hydroxyl groups is 7. The summed E-state index contributed by atoms with van der Waals surface area (Å²) in [6, 6.07) is -3.76. The van der Waals surface area contributed by atoms with Crippen LogP contribution in [0.2, 0.25) is 0 Å². The third-order valence-electron chi connectivity index (χ3n) is 7.76. The average Bonchev–Trinajstić information content (AvgIpc) is 3.15. The zero-order valence-electron chi connectivity index (χ0n) is 20.9. The van der Waals surface area contributed by atoms with Gasteiger partial charge in [-0.15, -0.1) is 0 Å². The standard InChI is InChI=1S/C22H40N4O12/c1-6-17-15(32)16(33)22(36-17)38-19-12(29)8(26-20(34)9(28)2-3-23)4-7(24)18(19)37-21-11(25-6)14(31)13(30)10(5-27)35-21/h6-19,21-22,25,27-33H,2-5,23-24H2,1H3,(H,26,34)/t6-,7?,8?,9-,10?,11?,12?,13?,14?,15?,16?,17?,18?,19?,21?,22?/m0/s1. The lowest BCUT2D eigenvalue weighted by atomic mass is 9.83. The number of hydrogen-bond donors (Lipinski definition) is 11. The van der Waals surface area contributed by atoms with Gasteiger partial charge >= 0.3 is 0 Å². The normalized spacial score (nSPS) is 50.3. The van der Waals surface area contributed by atoms with Crippen molar-refractivity contribution in [1.29, 1.82) is 0 Å². The van der Waals surface area contributed by atoms with E-state index in [1.165, 1.54) is 0 Å². The van der Waals surface area contributed by atoms with E-state index in [1.54, 1.807) is 6.92 Å². The summed E-state index contributed by atoms with van der Waals surface area (Å²) in [5, 5.41) is 79.0. The third kappa shape index (κ3) is 5.70. The highest BCUT2D eigenvalue weighted by atomic mass is 16.7. The number of amides is 1. The number of fused-ring (bicyclic) bond motifs is 4. The number of aliphatic hydroxyl groups excluding tert-OH is 7. The van der Waals surface area contributed by atoms with Gasteiger partial charge in [0.2, 0.25) is 5.91 Å². The molecule has 16 atom stereocenters. The molecule has 3 heterocycles. The lowest BCUT2D eigenvalue weighted by molar-refractivity contribution is -0.310. The van der Waals surface area contributed by atoms with Crippen LogP contribution in [0.3, 0.4) is 0 Å². The molecular weight excluding hydrogens is 512 g/mol. The number of hydrogen-bond acceptors (Lipinski definition) is 15. The van der Waals surface area contributed by atoms with Gasteiger partial charge in [-0.25, -0.2) is 0 Å². The first-order chi connectivity index (χ1) is 18.0. The van der Waals surface area contributed by atoms with E-state index in [0.29, 0.717) is 0 Å². The monoisotopic (exact) mass is 552 g/mol. The van der Waals surface area contributed by atoms with Crippen molar-refractivity contribution in [3.05, 3.63) is 0 Å². The van der Waals surface area contributed by atoms with Crippen molar-refractivity contribution in [2.45, 2.75) is 118 Å². The van der Waals surface area contributed by atoms with Crippen molar-refractivity contribution >= 4 is 5.91 Å². The summed E-state index contributed by atoms with van der Waals surface area (Å²) in [6.45, 7) is 1.05. The van der Waals surface area contributed by atoms with Gasteiger partial charge in [0.25, 0.3) is 0 Å². The van der Waals surface area contributed by atoms with Gasteiger partial charge in [0.05, 0.1) is 18.7 Å². The van der Waals surface area contributed by atoms with E-state index in [1.807, 2.05) is 0 Å². The van der Waals surface area contributed by atoms with Crippen LogP contribution in [0.5, 0.6) is 0 Å². The summed E-state index contributed by atoms with van der Waals surface area (Å²) < 4.78 is 23.6. The Morgan fingerprint density at radius 3 is 2.26 bits per heavy atom. The number of nitrogens with one attached hydrogen (secondary N) is 2. The first kappa shape index (κ1) is 29.9. The molecular formula is C22H40N4O12. The maximum absolute atomic E-state index is 12.4. The molecule has 0 aromatic carbocycles. The predicted octanol–water partition coefficient (Wildman–Crippen LogP) is -6.71. The van der Waals surface area contributed by atoms with Crippen molar-refractivity contribution in [3.63, 3.8) is 0 Å². The van der Waals surface area contributed by atoms with Crippen molar-refractivity contribution < 1.29 is 59.5 Å². The Kier molecular flexibility index (Phi) is 9.59. The Labute approximate surface area is 218 Å². The van der Waals surface area contributed by atoms with Crippen LogP contribution in [0, 0.1) is 0 Å². The van der Waals surface area contributed by atoms with Crippen LogP contribution in [-0.2, 0) is 23.7 Å². The van der Waals surface area contributed by atoms with Gasteiger partial charge in [0.1, 0.15) is 61.0 Å². The summed E-state index contributed by atoms with van der Waals surface area (Å²) in [4.78, 5) is 12.4. The van der Waals surface area contributed by atoms with Crippen LogP contribution in [0.1, 0.15) is 19.8 Å². The van der Waals surface area contributed by atoms with Crippen molar-refractivity contribution in [3.8, 4) is 0 Å². The Morgan fingerprint density at radius 1 is 0.947 bits per heavy atom. The van der Waals surface area contributed by atoms with Crippen molar-refractivity contribution in [1.82, 2.24) is 10.6 Å². The van der Waals surface area contributed by atoms with Crippen LogP contribution in [-0.4, -0.2) is 153 Å². The van der Waals surface area contributed by atoms with Crippen LogP contribution in [0.4, 0.5) is 0 Å². The predicted molar refractivity (Wildman–Crippen MR) is 125 cm³/mol. The average molecular weight is 553 g/mol. The SMILES string of the molecule is C[C@@H]1NC2C(OC(CO)C(O)C2O)OC2C(N)CC(NC(=O)[C@@H](O)CCN)C(O)C2OC2OC1C(O)C2O. The lowest BCUT2D eigenvalue weighted by Gasteiger charge is -2.48. The minimum atomic E-state index is -1.53. The molecule has 220 valence electrons. The van der Waals surface area contributed by atoms with E-state index in [-0.39, 0.29) is 19.4 Å². The topological polar surface area (TPSA) is 272 Å². The molecule has 1 saturated carbocycles. The Balaban J connectivity index is 1.65. The second kappa shape index (κ2) is 12.2. The molecule has 0 aromatic rings. The maximum Gasteiger partial charge on any atom is 0.249 e. The highest BCUT2D eigenvalue weighted by Crippen LogP contribution is 2.35. The molecule has 0 radical (unpaired) electrons. The maximum atomic E-state index is 12.4. The second-order valence-corrected chi connectivity index (χ2v) is 10.4. The molecule has 38 heavy (non-hydrogen) atoms. The molecule has 14 unspecified atom stereocenters. The molecule has 16 heteroatoms. The fourth-order valence-corrected chi connectivity index (χ4v) is 5.56. The molecule has 3 aliphatic heterocycles. The van der Waals surface area contributed by atoms with Gasteiger partial charge in [-0.05, 0) is 26.3 Å². The molecule has 1 amide bonds. The van der Waals surface area contributed by atoms with E-state index >= 15 is 0 Å². The van der Waals surface area contributed by atoms with Gasteiger partial charge in [0.15, 0.2) is 12.6 Å². The van der Waals surface area contributed by atoms with Gasteiger partial charge in [-0.3, -0.25) is 4.79 Å². The second-order valence-electron chi connectivity index (χ2n) is 10.4. The van der Waals surface area contributed by atoms with E-state index in [0.717, 1.165) is 0 Å². The van der Waals surface area contributed by atoms with E-state index in [4.69, 9.17) is 30.4 Å². The highest BCUT2D eigenvalue weighted by Gasteiger charge is 2.55.